The molecule has 1 heterocycles. The number of unbranched alkanes of at least 4 members (excludes halogenated alkanes) is 1. The first-order valence-corrected chi connectivity index (χ1v) is 14.6. The monoisotopic (exact) mass is 515 g/mol. The van der Waals surface area contributed by atoms with Crippen LogP contribution in [0.25, 0.3) is 11.1 Å². The zero-order chi connectivity index (χ0) is 25.4. The summed E-state index contributed by atoms with van der Waals surface area (Å²) in [7, 11) is -4.08. The van der Waals surface area contributed by atoms with Crippen molar-refractivity contribution in [3.05, 3.63) is 65.6 Å². The fraction of sp³-hybridized carbons (Fsp3) is 0.385. The highest BCUT2D eigenvalue weighted by Gasteiger charge is 2.22. The molecule has 0 atom stereocenters. The highest BCUT2D eigenvalue weighted by atomic mass is 32.2. The molecule has 7 nitrogen and oxygen atoms in total. The number of sulfonamides is 1. The quantitative estimate of drug-likeness (QED) is 0.331. The first-order chi connectivity index (χ1) is 16.8. The van der Waals surface area contributed by atoms with Crippen LogP contribution in [0.4, 0.5) is 4.79 Å². The van der Waals surface area contributed by atoms with Gasteiger partial charge in [-0.15, -0.1) is 11.8 Å². The molecule has 0 saturated heterocycles. The summed E-state index contributed by atoms with van der Waals surface area (Å²) in [5.41, 5.74) is 3.61. The third-order valence-corrected chi connectivity index (χ3v) is 7.76. The van der Waals surface area contributed by atoms with Gasteiger partial charge in [0.1, 0.15) is 10.9 Å². The van der Waals surface area contributed by atoms with Crippen LogP contribution in [0.2, 0.25) is 0 Å². The molecule has 9 heteroatoms. The SMILES string of the molecule is CCCCc1nc(SC)c(CC)n1Cc1ccc(-c2ccccc2S(=O)(=O)NC(=O)OCC)cc1. The standard InChI is InChI=1S/C26H33N3O4S2/c1-5-8-13-24-27-25(34-4)22(6-2)29(24)18-19-14-16-20(17-15-19)21-11-9-10-12-23(21)35(31,32)28-26(30)33-7-3/h9-12,14-17H,5-8,13,18H2,1-4H3,(H,28,30). The fourth-order valence-corrected chi connectivity index (χ4v) is 5.78. The fourth-order valence-electron chi connectivity index (χ4n) is 3.97. The molecular formula is C26H33N3O4S2. The number of amides is 1. The predicted molar refractivity (Wildman–Crippen MR) is 140 cm³/mol. The number of nitrogens with one attached hydrogen (secondary N) is 1. The Labute approximate surface area is 212 Å². The molecule has 0 unspecified atom stereocenters. The number of nitrogens with zero attached hydrogens (tertiary/aromatic N) is 2. The van der Waals surface area contributed by atoms with Crippen molar-refractivity contribution in [2.75, 3.05) is 12.9 Å². The lowest BCUT2D eigenvalue weighted by Crippen LogP contribution is -2.31. The molecule has 0 aliphatic rings. The van der Waals surface area contributed by atoms with Gasteiger partial charge in [-0.25, -0.2) is 22.9 Å². The second kappa shape index (κ2) is 12.3. The van der Waals surface area contributed by atoms with Gasteiger partial charge in [-0.05, 0) is 43.2 Å². The minimum atomic E-state index is -4.08. The summed E-state index contributed by atoms with van der Waals surface area (Å²) in [5.74, 6) is 1.11. The Morgan fingerprint density at radius 2 is 1.80 bits per heavy atom. The summed E-state index contributed by atoms with van der Waals surface area (Å²) in [6, 6.07) is 14.5. The van der Waals surface area contributed by atoms with E-state index in [4.69, 9.17) is 9.72 Å². The Kier molecular flexibility index (Phi) is 9.40. The van der Waals surface area contributed by atoms with Crippen LogP contribution >= 0.6 is 11.8 Å². The van der Waals surface area contributed by atoms with Gasteiger partial charge in [0, 0.05) is 18.5 Å². The van der Waals surface area contributed by atoms with Crippen LogP contribution in [-0.4, -0.2) is 36.9 Å². The first kappa shape index (κ1) is 26.8. The van der Waals surface area contributed by atoms with E-state index in [9.17, 15) is 13.2 Å². The summed E-state index contributed by atoms with van der Waals surface area (Å²) in [4.78, 5) is 16.7. The van der Waals surface area contributed by atoms with Gasteiger partial charge in [-0.1, -0.05) is 62.7 Å². The normalized spacial score (nSPS) is 11.4. The van der Waals surface area contributed by atoms with Crippen molar-refractivity contribution in [3.63, 3.8) is 0 Å². The van der Waals surface area contributed by atoms with Crippen molar-refractivity contribution in [2.24, 2.45) is 0 Å². The van der Waals surface area contributed by atoms with Crippen LogP contribution in [0.1, 0.15) is 50.7 Å². The smallest absolute Gasteiger partial charge is 0.421 e. The van der Waals surface area contributed by atoms with E-state index in [1.165, 1.54) is 11.8 Å². The maximum Gasteiger partial charge on any atom is 0.421 e. The Balaban J connectivity index is 1.90. The van der Waals surface area contributed by atoms with Gasteiger partial charge in [0.2, 0.25) is 0 Å². The van der Waals surface area contributed by atoms with E-state index in [0.29, 0.717) is 12.1 Å². The largest absolute Gasteiger partial charge is 0.449 e. The average molecular weight is 516 g/mol. The van der Waals surface area contributed by atoms with E-state index in [2.05, 4.69) is 24.7 Å². The van der Waals surface area contributed by atoms with Crippen LogP contribution in [0.3, 0.4) is 0 Å². The minimum Gasteiger partial charge on any atom is -0.449 e. The van der Waals surface area contributed by atoms with Gasteiger partial charge in [-0.2, -0.15) is 0 Å². The zero-order valence-corrected chi connectivity index (χ0v) is 22.3. The molecule has 1 N–H and O–H groups in total. The average Bonchev–Trinajstić information content (AvgIpc) is 3.19. The second-order valence-corrected chi connectivity index (χ2v) is 10.5. The Hall–Kier alpha value is -2.78. The van der Waals surface area contributed by atoms with Gasteiger partial charge in [0.25, 0.3) is 10.0 Å². The third kappa shape index (κ3) is 6.46. The summed E-state index contributed by atoms with van der Waals surface area (Å²) in [6.07, 6.45) is 5.14. The lowest BCUT2D eigenvalue weighted by molar-refractivity contribution is 0.158. The molecular weight excluding hydrogens is 482 g/mol. The highest BCUT2D eigenvalue weighted by molar-refractivity contribution is 7.98. The van der Waals surface area contributed by atoms with E-state index in [1.54, 1.807) is 36.9 Å². The number of carbonyl (C=O) groups is 1. The van der Waals surface area contributed by atoms with E-state index in [0.717, 1.165) is 47.7 Å². The van der Waals surface area contributed by atoms with Crippen molar-refractivity contribution in [2.45, 2.75) is 62.9 Å². The molecule has 1 amide bonds. The molecule has 2 aromatic carbocycles. The van der Waals surface area contributed by atoms with E-state index in [1.807, 2.05) is 29.0 Å². The molecule has 0 fully saturated rings. The molecule has 0 radical (unpaired) electrons. The molecule has 0 bridgehead atoms. The molecule has 3 rings (SSSR count). The van der Waals surface area contributed by atoms with Crippen LogP contribution < -0.4 is 4.72 Å². The molecule has 1 aromatic heterocycles. The van der Waals surface area contributed by atoms with Crippen molar-refractivity contribution < 1.29 is 17.9 Å². The van der Waals surface area contributed by atoms with E-state index in [-0.39, 0.29) is 11.5 Å². The second-order valence-electron chi connectivity index (χ2n) is 8.05. The zero-order valence-electron chi connectivity index (χ0n) is 20.7. The predicted octanol–water partition coefficient (Wildman–Crippen LogP) is 5.66. The van der Waals surface area contributed by atoms with Crippen LogP contribution in [-0.2, 0) is 34.1 Å². The molecule has 0 aliphatic carbocycles. The van der Waals surface area contributed by atoms with Gasteiger partial charge in [0.05, 0.1) is 17.2 Å². The number of benzene rings is 2. The lowest BCUT2D eigenvalue weighted by Gasteiger charge is -2.14. The number of ether oxygens (including phenoxy) is 1. The molecule has 188 valence electrons. The van der Waals surface area contributed by atoms with E-state index < -0.39 is 16.1 Å². The Morgan fingerprint density at radius 3 is 2.43 bits per heavy atom. The molecule has 0 saturated carbocycles. The number of rotatable bonds is 11. The lowest BCUT2D eigenvalue weighted by atomic mass is 10.0. The summed E-state index contributed by atoms with van der Waals surface area (Å²) in [6.45, 7) is 6.74. The van der Waals surface area contributed by atoms with Gasteiger partial charge < -0.3 is 9.30 Å². The van der Waals surface area contributed by atoms with Crippen molar-refractivity contribution in [1.82, 2.24) is 14.3 Å². The van der Waals surface area contributed by atoms with Gasteiger partial charge in [-0.3, -0.25) is 0 Å². The molecule has 35 heavy (non-hydrogen) atoms. The number of thioether (sulfide) groups is 1. The van der Waals surface area contributed by atoms with E-state index >= 15 is 0 Å². The molecule has 0 aliphatic heterocycles. The van der Waals surface area contributed by atoms with Crippen LogP contribution in [0.15, 0.2) is 58.5 Å². The Bertz CT molecular complexity index is 1250. The maximum absolute atomic E-state index is 12.8. The summed E-state index contributed by atoms with van der Waals surface area (Å²) in [5, 5.41) is 1.09. The van der Waals surface area contributed by atoms with Crippen molar-refractivity contribution in [3.8, 4) is 11.1 Å². The first-order valence-electron chi connectivity index (χ1n) is 11.8. The summed E-state index contributed by atoms with van der Waals surface area (Å²) >= 11 is 1.68. The van der Waals surface area contributed by atoms with Gasteiger partial charge in [0.15, 0.2) is 0 Å². The highest BCUT2D eigenvalue weighted by Crippen LogP contribution is 2.29. The topological polar surface area (TPSA) is 90.3 Å². The summed E-state index contributed by atoms with van der Waals surface area (Å²) < 4.78 is 34.7. The molecule has 0 spiro atoms. The number of aromatic nitrogens is 2. The van der Waals surface area contributed by atoms with Crippen molar-refractivity contribution in [1.29, 1.82) is 0 Å². The van der Waals surface area contributed by atoms with Gasteiger partial charge >= 0.3 is 6.09 Å². The number of hydrogen-bond acceptors (Lipinski definition) is 6. The number of hydrogen-bond donors (Lipinski definition) is 1. The number of carbonyl (C=O) groups excluding carboxylic acids is 1. The number of aryl methyl sites for hydroxylation is 1. The minimum absolute atomic E-state index is 0.0233. The Morgan fingerprint density at radius 1 is 1.09 bits per heavy atom. The van der Waals surface area contributed by atoms with Crippen molar-refractivity contribution >= 4 is 27.9 Å². The molecule has 3 aromatic rings. The third-order valence-electron chi connectivity index (χ3n) is 5.67. The number of imidazole rings is 1. The maximum atomic E-state index is 12.8. The van der Waals surface area contributed by atoms with Crippen LogP contribution in [0.5, 0.6) is 0 Å². The van der Waals surface area contributed by atoms with Crippen LogP contribution in [0, 0.1) is 0 Å².